The lowest BCUT2D eigenvalue weighted by Crippen LogP contribution is -2.40. The fourth-order valence-corrected chi connectivity index (χ4v) is 2.82. The van der Waals surface area contributed by atoms with Crippen LogP contribution in [0.3, 0.4) is 0 Å². The maximum atomic E-state index is 12.5. The number of ether oxygens (including phenoxy) is 2. The van der Waals surface area contributed by atoms with Crippen molar-refractivity contribution in [1.29, 1.82) is 0 Å². The van der Waals surface area contributed by atoms with Gasteiger partial charge in [0.1, 0.15) is 0 Å². The highest BCUT2D eigenvalue weighted by molar-refractivity contribution is 5.94. The van der Waals surface area contributed by atoms with Crippen molar-refractivity contribution >= 4 is 5.91 Å². The SMILES string of the molecule is COc1ccc(C(=O)N2CCC(OCc3ccccc3)CC2)cn1. The highest BCUT2D eigenvalue weighted by Gasteiger charge is 2.24. The zero-order valence-electron chi connectivity index (χ0n) is 13.9. The van der Waals surface area contributed by atoms with Crippen molar-refractivity contribution in [1.82, 2.24) is 9.88 Å². The van der Waals surface area contributed by atoms with Crippen molar-refractivity contribution in [2.24, 2.45) is 0 Å². The van der Waals surface area contributed by atoms with Gasteiger partial charge in [0, 0.05) is 25.4 Å². The minimum Gasteiger partial charge on any atom is -0.481 e. The Bertz CT molecular complexity index is 650. The fourth-order valence-electron chi connectivity index (χ4n) is 2.82. The first-order valence-electron chi connectivity index (χ1n) is 8.21. The lowest BCUT2D eigenvalue weighted by molar-refractivity contribution is -0.000388. The number of amides is 1. The van der Waals surface area contributed by atoms with Gasteiger partial charge >= 0.3 is 0 Å². The van der Waals surface area contributed by atoms with Crippen molar-refractivity contribution in [3.05, 3.63) is 59.8 Å². The number of nitrogens with zero attached hydrogens (tertiary/aromatic N) is 2. The first-order valence-corrected chi connectivity index (χ1v) is 8.21. The van der Waals surface area contributed by atoms with Crippen LogP contribution in [0.25, 0.3) is 0 Å². The number of likely N-dealkylation sites (tertiary alicyclic amines) is 1. The zero-order valence-corrected chi connectivity index (χ0v) is 13.9. The smallest absolute Gasteiger partial charge is 0.255 e. The summed E-state index contributed by atoms with van der Waals surface area (Å²) in [6.07, 6.45) is 3.51. The highest BCUT2D eigenvalue weighted by atomic mass is 16.5. The van der Waals surface area contributed by atoms with E-state index in [-0.39, 0.29) is 12.0 Å². The number of rotatable bonds is 5. The molecule has 1 saturated heterocycles. The number of aromatic nitrogens is 1. The van der Waals surface area contributed by atoms with E-state index in [1.54, 1.807) is 25.4 Å². The van der Waals surface area contributed by atoms with E-state index < -0.39 is 0 Å². The standard InChI is InChI=1S/C19H22N2O3/c1-23-18-8-7-16(13-20-18)19(22)21-11-9-17(10-12-21)24-14-15-5-3-2-4-6-15/h2-8,13,17H,9-12,14H2,1H3. The van der Waals surface area contributed by atoms with Gasteiger partial charge in [-0.25, -0.2) is 4.98 Å². The molecule has 126 valence electrons. The summed E-state index contributed by atoms with van der Waals surface area (Å²) in [6, 6.07) is 13.6. The Labute approximate surface area is 142 Å². The van der Waals surface area contributed by atoms with Gasteiger partial charge < -0.3 is 14.4 Å². The van der Waals surface area contributed by atoms with Crippen LogP contribution in [0.2, 0.25) is 0 Å². The Morgan fingerprint density at radius 1 is 1.17 bits per heavy atom. The minimum absolute atomic E-state index is 0.0201. The lowest BCUT2D eigenvalue weighted by atomic mass is 10.1. The molecule has 1 amide bonds. The van der Waals surface area contributed by atoms with Crippen LogP contribution in [0.15, 0.2) is 48.7 Å². The number of carbonyl (C=O) groups is 1. The number of benzene rings is 1. The molecular weight excluding hydrogens is 304 g/mol. The van der Waals surface area contributed by atoms with Crippen LogP contribution < -0.4 is 4.74 Å². The van der Waals surface area contributed by atoms with Crippen LogP contribution in [0, 0.1) is 0 Å². The van der Waals surface area contributed by atoms with E-state index in [2.05, 4.69) is 17.1 Å². The van der Waals surface area contributed by atoms with E-state index in [0.29, 0.717) is 31.1 Å². The van der Waals surface area contributed by atoms with Crippen molar-refractivity contribution < 1.29 is 14.3 Å². The predicted octanol–water partition coefficient (Wildman–Crippen LogP) is 2.91. The maximum Gasteiger partial charge on any atom is 0.255 e. The van der Waals surface area contributed by atoms with Crippen LogP contribution in [-0.2, 0) is 11.3 Å². The summed E-state index contributed by atoms with van der Waals surface area (Å²) in [5.41, 5.74) is 1.78. The number of pyridine rings is 1. The third-order valence-corrected chi connectivity index (χ3v) is 4.25. The average Bonchev–Trinajstić information content (AvgIpc) is 2.67. The van der Waals surface area contributed by atoms with E-state index in [1.807, 2.05) is 23.1 Å². The molecule has 5 heteroatoms. The Morgan fingerprint density at radius 2 is 1.92 bits per heavy atom. The van der Waals surface area contributed by atoms with Gasteiger partial charge in [0.25, 0.3) is 5.91 Å². The molecule has 0 aliphatic carbocycles. The molecule has 0 spiro atoms. The number of carbonyl (C=O) groups excluding carboxylic acids is 1. The second-order valence-electron chi connectivity index (χ2n) is 5.88. The van der Waals surface area contributed by atoms with E-state index >= 15 is 0 Å². The normalized spacial score (nSPS) is 15.3. The number of methoxy groups -OCH3 is 1. The largest absolute Gasteiger partial charge is 0.481 e. The topological polar surface area (TPSA) is 51.7 Å². The molecular formula is C19H22N2O3. The average molecular weight is 326 g/mol. The second-order valence-corrected chi connectivity index (χ2v) is 5.88. The van der Waals surface area contributed by atoms with Crippen LogP contribution in [0.4, 0.5) is 0 Å². The summed E-state index contributed by atoms with van der Waals surface area (Å²) in [7, 11) is 1.56. The molecule has 24 heavy (non-hydrogen) atoms. The third kappa shape index (κ3) is 4.11. The van der Waals surface area contributed by atoms with E-state index in [1.165, 1.54) is 5.56 Å². The van der Waals surface area contributed by atoms with E-state index in [9.17, 15) is 4.79 Å². The number of piperidine rings is 1. The highest BCUT2D eigenvalue weighted by Crippen LogP contribution is 2.18. The first-order chi connectivity index (χ1) is 11.8. The zero-order chi connectivity index (χ0) is 16.8. The summed E-state index contributed by atoms with van der Waals surface area (Å²) in [4.78, 5) is 18.5. The molecule has 0 bridgehead atoms. The van der Waals surface area contributed by atoms with Gasteiger partial charge in [-0.15, -0.1) is 0 Å². The van der Waals surface area contributed by atoms with E-state index in [4.69, 9.17) is 9.47 Å². The lowest BCUT2D eigenvalue weighted by Gasteiger charge is -2.32. The number of hydrogen-bond donors (Lipinski definition) is 0. The summed E-state index contributed by atoms with van der Waals surface area (Å²) < 4.78 is 11.0. The molecule has 1 aliphatic rings. The second kappa shape index (κ2) is 7.93. The first kappa shape index (κ1) is 16.5. The fraction of sp³-hybridized carbons (Fsp3) is 0.368. The van der Waals surface area contributed by atoms with Crippen LogP contribution in [-0.4, -0.2) is 42.1 Å². The summed E-state index contributed by atoms with van der Waals surface area (Å²) in [5.74, 6) is 0.534. The van der Waals surface area contributed by atoms with Crippen molar-refractivity contribution in [2.45, 2.75) is 25.6 Å². The molecule has 1 aromatic carbocycles. The maximum absolute atomic E-state index is 12.5. The van der Waals surface area contributed by atoms with Crippen molar-refractivity contribution in [2.75, 3.05) is 20.2 Å². The van der Waals surface area contributed by atoms with Gasteiger partial charge in [-0.2, -0.15) is 0 Å². The molecule has 0 atom stereocenters. The molecule has 1 aromatic heterocycles. The Morgan fingerprint density at radius 3 is 2.54 bits per heavy atom. The molecule has 0 unspecified atom stereocenters. The molecule has 3 rings (SSSR count). The Hall–Kier alpha value is -2.40. The minimum atomic E-state index is 0.0201. The molecule has 1 aliphatic heterocycles. The van der Waals surface area contributed by atoms with Crippen molar-refractivity contribution in [3.63, 3.8) is 0 Å². The van der Waals surface area contributed by atoms with Crippen LogP contribution in [0.1, 0.15) is 28.8 Å². The van der Waals surface area contributed by atoms with Gasteiger partial charge in [0.05, 0.1) is 25.4 Å². The molecule has 0 radical (unpaired) electrons. The van der Waals surface area contributed by atoms with Gasteiger partial charge in [-0.1, -0.05) is 30.3 Å². The van der Waals surface area contributed by atoms with E-state index in [0.717, 1.165) is 12.8 Å². The predicted molar refractivity (Wildman–Crippen MR) is 90.9 cm³/mol. The molecule has 5 nitrogen and oxygen atoms in total. The molecule has 0 N–H and O–H groups in total. The molecule has 0 saturated carbocycles. The third-order valence-electron chi connectivity index (χ3n) is 4.25. The quantitative estimate of drug-likeness (QED) is 0.848. The van der Waals surface area contributed by atoms with Crippen LogP contribution in [0.5, 0.6) is 5.88 Å². The monoisotopic (exact) mass is 326 g/mol. The summed E-state index contributed by atoms with van der Waals surface area (Å²) in [6.45, 7) is 2.05. The Kier molecular flexibility index (Phi) is 5.43. The number of hydrogen-bond acceptors (Lipinski definition) is 4. The van der Waals surface area contributed by atoms with Crippen molar-refractivity contribution in [3.8, 4) is 5.88 Å². The van der Waals surface area contributed by atoms with Gasteiger partial charge in [-0.05, 0) is 24.5 Å². The molecule has 1 fully saturated rings. The summed E-state index contributed by atoms with van der Waals surface area (Å²) in [5, 5.41) is 0. The van der Waals surface area contributed by atoms with Gasteiger partial charge in [-0.3, -0.25) is 4.79 Å². The Balaban J connectivity index is 1.48. The molecule has 2 heterocycles. The van der Waals surface area contributed by atoms with Gasteiger partial charge in [0.2, 0.25) is 5.88 Å². The molecule has 2 aromatic rings. The van der Waals surface area contributed by atoms with Crippen LogP contribution >= 0.6 is 0 Å². The summed E-state index contributed by atoms with van der Waals surface area (Å²) >= 11 is 0. The van der Waals surface area contributed by atoms with Gasteiger partial charge in [0.15, 0.2) is 0 Å².